The molecule has 1 spiro atoms. The lowest BCUT2D eigenvalue weighted by Crippen LogP contribution is -2.47. The number of benzene rings is 1. The predicted molar refractivity (Wildman–Crippen MR) is 91.9 cm³/mol. The Balaban J connectivity index is 2.50. The quantitative estimate of drug-likeness (QED) is 0.716. The lowest BCUT2D eigenvalue weighted by atomic mass is 9.68. The first-order chi connectivity index (χ1) is 11.8. The number of nitriles is 1. The Kier molecular flexibility index (Phi) is 3.84. The maximum Gasteiger partial charge on any atom is 0.339 e. The minimum atomic E-state index is -1.69. The van der Waals surface area contributed by atoms with Gasteiger partial charge in [0.15, 0.2) is 5.41 Å². The Morgan fingerprint density at radius 2 is 2.16 bits per heavy atom. The number of carbonyl (C=O) groups excluding carboxylic acids is 2. The van der Waals surface area contributed by atoms with E-state index in [2.05, 4.69) is 15.9 Å². The highest BCUT2D eigenvalue weighted by molar-refractivity contribution is 9.10. The van der Waals surface area contributed by atoms with Gasteiger partial charge >= 0.3 is 5.97 Å². The van der Waals surface area contributed by atoms with Crippen LogP contribution in [0.2, 0.25) is 0 Å². The van der Waals surface area contributed by atoms with Crippen molar-refractivity contribution in [1.82, 2.24) is 0 Å². The molecule has 2 aliphatic rings. The van der Waals surface area contributed by atoms with E-state index in [9.17, 15) is 14.9 Å². The number of halogens is 1. The van der Waals surface area contributed by atoms with Crippen molar-refractivity contribution in [2.45, 2.75) is 12.3 Å². The third-order valence-corrected chi connectivity index (χ3v) is 4.96. The van der Waals surface area contributed by atoms with Crippen LogP contribution < -0.4 is 10.6 Å². The summed E-state index contributed by atoms with van der Waals surface area (Å²) in [5.74, 6) is -1.31. The van der Waals surface area contributed by atoms with E-state index in [0.29, 0.717) is 15.7 Å². The summed E-state index contributed by atoms with van der Waals surface area (Å²) >= 11 is 3.38. The van der Waals surface area contributed by atoms with Crippen LogP contribution in [0.1, 0.15) is 12.5 Å². The van der Waals surface area contributed by atoms with Gasteiger partial charge in [-0.05, 0) is 25.1 Å². The minimum absolute atomic E-state index is 0.0468. The van der Waals surface area contributed by atoms with Gasteiger partial charge in [-0.25, -0.2) is 4.79 Å². The van der Waals surface area contributed by atoms with Crippen molar-refractivity contribution < 1.29 is 19.1 Å². The van der Waals surface area contributed by atoms with E-state index in [1.54, 1.807) is 25.2 Å². The molecule has 0 aromatic heterocycles. The van der Waals surface area contributed by atoms with Gasteiger partial charge in [0.2, 0.25) is 11.8 Å². The molecule has 0 radical (unpaired) electrons. The molecule has 0 unspecified atom stereocenters. The van der Waals surface area contributed by atoms with Gasteiger partial charge in [-0.3, -0.25) is 4.79 Å². The normalized spacial score (nSPS) is 22.0. The first-order valence-electron chi connectivity index (χ1n) is 7.26. The summed E-state index contributed by atoms with van der Waals surface area (Å²) in [4.78, 5) is 27.2. The number of nitrogens with two attached hydrogens (primary N) is 1. The van der Waals surface area contributed by atoms with E-state index in [0.717, 1.165) is 0 Å². The zero-order valence-corrected chi connectivity index (χ0v) is 15.3. The van der Waals surface area contributed by atoms with Crippen molar-refractivity contribution in [2.75, 3.05) is 19.1 Å². The second-order valence-electron chi connectivity index (χ2n) is 5.65. The third-order valence-electron chi connectivity index (χ3n) is 4.46. The van der Waals surface area contributed by atoms with E-state index in [1.807, 2.05) is 6.07 Å². The number of esters is 1. The standard InChI is InChI=1S/C17H14BrN3O4/c1-8-13(15(22)24-3)17(11(7-19)14(20)25-8)10-6-9(18)4-5-12(10)21(2)16(17)23/h4-6H,20H2,1-3H3/t17-/m1/s1. The number of methoxy groups -OCH3 is 1. The molecule has 1 atom stereocenters. The summed E-state index contributed by atoms with van der Waals surface area (Å²) in [6.45, 7) is 1.51. The number of anilines is 1. The lowest BCUT2D eigenvalue weighted by Gasteiger charge is -2.34. The van der Waals surface area contributed by atoms with Gasteiger partial charge in [-0.1, -0.05) is 15.9 Å². The second kappa shape index (κ2) is 5.63. The molecule has 8 heteroatoms. The van der Waals surface area contributed by atoms with Gasteiger partial charge < -0.3 is 20.1 Å². The van der Waals surface area contributed by atoms with Crippen LogP contribution >= 0.6 is 15.9 Å². The van der Waals surface area contributed by atoms with Crippen molar-refractivity contribution in [3.63, 3.8) is 0 Å². The number of ether oxygens (including phenoxy) is 2. The van der Waals surface area contributed by atoms with Crippen LogP contribution in [0.25, 0.3) is 0 Å². The predicted octanol–water partition coefficient (Wildman–Crippen LogP) is 1.83. The summed E-state index contributed by atoms with van der Waals surface area (Å²) in [5.41, 5.74) is 5.08. The molecule has 2 heterocycles. The summed E-state index contributed by atoms with van der Waals surface area (Å²) in [6, 6.07) is 7.15. The molecule has 2 N–H and O–H groups in total. The topological polar surface area (TPSA) is 106 Å². The summed E-state index contributed by atoms with van der Waals surface area (Å²) in [6.07, 6.45) is 0. The van der Waals surface area contributed by atoms with Crippen molar-refractivity contribution in [1.29, 1.82) is 5.26 Å². The average Bonchev–Trinajstić information content (AvgIpc) is 2.77. The monoisotopic (exact) mass is 403 g/mol. The Bertz CT molecular complexity index is 928. The molecule has 25 heavy (non-hydrogen) atoms. The molecule has 7 nitrogen and oxygen atoms in total. The smallest absolute Gasteiger partial charge is 0.339 e. The van der Waals surface area contributed by atoms with E-state index in [-0.39, 0.29) is 22.8 Å². The molecule has 0 saturated carbocycles. The number of nitrogens with zero attached hydrogens (tertiary/aromatic N) is 2. The van der Waals surface area contributed by atoms with Crippen LogP contribution in [-0.2, 0) is 24.5 Å². The Morgan fingerprint density at radius 3 is 2.76 bits per heavy atom. The van der Waals surface area contributed by atoms with Gasteiger partial charge in [-0.2, -0.15) is 5.26 Å². The average molecular weight is 404 g/mol. The van der Waals surface area contributed by atoms with Crippen LogP contribution in [0.4, 0.5) is 5.69 Å². The van der Waals surface area contributed by atoms with E-state index < -0.39 is 17.3 Å². The molecule has 0 bridgehead atoms. The molecular weight excluding hydrogens is 390 g/mol. The Hall–Kier alpha value is -2.79. The van der Waals surface area contributed by atoms with Crippen molar-refractivity contribution in [3.05, 3.63) is 51.0 Å². The number of likely N-dealkylation sites (N-methyl/N-ethyl adjacent to an activating group) is 1. The van der Waals surface area contributed by atoms with Crippen LogP contribution in [0, 0.1) is 11.3 Å². The number of carbonyl (C=O) groups is 2. The van der Waals surface area contributed by atoms with E-state index in [1.165, 1.54) is 18.9 Å². The highest BCUT2D eigenvalue weighted by Gasteiger charge is 2.61. The number of hydrogen-bond acceptors (Lipinski definition) is 6. The fourth-order valence-electron chi connectivity index (χ4n) is 3.44. The molecule has 1 aromatic carbocycles. The van der Waals surface area contributed by atoms with Crippen LogP contribution in [0.5, 0.6) is 0 Å². The highest BCUT2D eigenvalue weighted by atomic mass is 79.9. The molecule has 0 aliphatic carbocycles. The van der Waals surface area contributed by atoms with Gasteiger partial charge in [0.05, 0.1) is 7.11 Å². The van der Waals surface area contributed by atoms with Crippen LogP contribution in [0.15, 0.2) is 45.5 Å². The molecule has 3 rings (SSSR count). The highest BCUT2D eigenvalue weighted by Crippen LogP contribution is 2.54. The summed E-state index contributed by atoms with van der Waals surface area (Å²) < 4.78 is 10.9. The zero-order chi connectivity index (χ0) is 18.5. The van der Waals surface area contributed by atoms with E-state index >= 15 is 0 Å². The van der Waals surface area contributed by atoms with Crippen molar-refractivity contribution >= 4 is 33.5 Å². The summed E-state index contributed by atoms with van der Waals surface area (Å²) in [5, 5.41) is 9.72. The summed E-state index contributed by atoms with van der Waals surface area (Å²) in [7, 11) is 2.78. The Labute approximate surface area is 152 Å². The van der Waals surface area contributed by atoms with Gasteiger partial charge in [0.25, 0.3) is 0 Å². The van der Waals surface area contributed by atoms with Gasteiger partial charge in [0.1, 0.15) is 23.0 Å². The minimum Gasteiger partial charge on any atom is -0.466 e. The van der Waals surface area contributed by atoms with Crippen molar-refractivity contribution in [3.8, 4) is 6.07 Å². The number of fused-ring (bicyclic) bond motifs is 2. The molecular formula is C17H14BrN3O4. The fraction of sp³-hybridized carbons (Fsp3) is 0.235. The number of rotatable bonds is 1. The lowest BCUT2D eigenvalue weighted by molar-refractivity contribution is -0.138. The number of amides is 1. The second-order valence-corrected chi connectivity index (χ2v) is 6.57. The maximum absolute atomic E-state index is 13.3. The van der Waals surface area contributed by atoms with Crippen LogP contribution in [-0.4, -0.2) is 26.0 Å². The van der Waals surface area contributed by atoms with E-state index in [4.69, 9.17) is 15.2 Å². The van der Waals surface area contributed by atoms with Crippen molar-refractivity contribution in [2.24, 2.45) is 5.73 Å². The van der Waals surface area contributed by atoms with Crippen LogP contribution in [0.3, 0.4) is 0 Å². The fourth-order valence-corrected chi connectivity index (χ4v) is 3.80. The molecule has 2 aliphatic heterocycles. The first kappa shape index (κ1) is 17.0. The molecule has 1 amide bonds. The number of allylic oxidation sites excluding steroid dienone is 1. The van der Waals surface area contributed by atoms with Gasteiger partial charge in [0, 0.05) is 22.8 Å². The molecule has 128 valence electrons. The van der Waals surface area contributed by atoms with Gasteiger partial charge in [-0.15, -0.1) is 0 Å². The molecule has 1 aromatic rings. The Morgan fingerprint density at radius 1 is 1.48 bits per heavy atom. The third kappa shape index (κ3) is 2.02. The largest absolute Gasteiger partial charge is 0.466 e. The molecule has 0 fully saturated rings. The first-order valence-corrected chi connectivity index (χ1v) is 8.06. The number of hydrogen-bond donors (Lipinski definition) is 1. The maximum atomic E-state index is 13.3. The SMILES string of the molecule is COC(=O)C1=C(C)OC(N)=C(C#N)[C@@]12C(=O)N(C)c1ccc(Br)cc12. The molecule has 0 saturated heterocycles. The zero-order valence-electron chi connectivity index (χ0n) is 13.7.